The van der Waals surface area contributed by atoms with Gasteiger partial charge in [0.05, 0.1) is 39.7 Å². The van der Waals surface area contributed by atoms with E-state index in [9.17, 15) is 0 Å². The average Bonchev–Trinajstić information content (AvgIpc) is 2.77. The number of hydrogen-bond acceptors (Lipinski definition) is 2. The Morgan fingerprint density at radius 1 is 0.536 bits per heavy atom. The van der Waals surface area contributed by atoms with Gasteiger partial charge in [-0.1, -0.05) is 84.6 Å². The lowest BCUT2D eigenvalue weighted by Crippen LogP contribution is -2.38. The van der Waals surface area contributed by atoms with Gasteiger partial charge in [0.25, 0.3) is 0 Å². The third-order valence-corrected chi connectivity index (χ3v) is 8.03. The number of rotatable bonds is 0. The molecule has 1 nitrogen and oxygen atoms in total. The van der Waals surface area contributed by atoms with E-state index in [2.05, 4.69) is 123 Å². The van der Waals surface area contributed by atoms with Crippen LogP contribution >= 0.6 is 34.6 Å². The van der Waals surface area contributed by atoms with Crippen LogP contribution in [0.15, 0.2) is 107 Å². The molecule has 0 bridgehead atoms. The minimum absolute atomic E-state index is 0.298. The highest BCUT2D eigenvalue weighted by Gasteiger charge is 2.49. The van der Waals surface area contributed by atoms with E-state index in [1.807, 2.05) is 11.8 Å². The molecule has 2 aliphatic heterocycles. The molecule has 0 amide bonds. The first-order valence-corrected chi connectivity index (χ1v) is 11.1. The van der Waals surface area contributed by atoms with Crippen LogP contribution in [-0.4, -0.2) is 0 Å². The maximum atomic E-state index is 2.45. The van der Waals surface area contributed by atoms with Gasteiger partial charge in [0.15, 0.2) is 0 Å². The van der Waals surface area contributed by atoms with Crippen LogP contribution < -0.4 is 3.11 Å². The van der Waals surface area contributed by atoms with Crippen LogP contribution in [0.4, 0.5) is 11.4 Å². The van der Waals surface area contributed by atoms with E-state index in [-0.39, 0.29) is 5.41 Å². The average molecular weight is 489 g/mol. The second-order valence-electron chi connectivity index (χ2n) is 7.16. The minimum atomic E-state index is -0.298. The highest BCUT2D eigenvalue weighted by Crippen LogP contribution is 2.61. The standard InChI is InChI=1S/C25H16INS/c26-27-21-13-5-1-9-17(21)25(18-10-2-6-14-22(18)27)19-11-3-7-15-23(19)28-24-16-8-4-12-20(24)25/h1-16H. The highest BCUT2D eigenvalue weighted by molar-refractivity contribution is 14.1. The highest BCUT2D eigenvalue weighted by atomic mass is 127. The number of hydrogen-bond donors (Lipinski definition) is 0. The zero-order valence-corrected chi connectivity index (χ0v) is 17.9. The van der Waals surface area contributed by atoms with E-state index in [0.29, 0.717) is 0 Å². The van der Waals surface area contributed by atoms with Crippen LogP contribution in [0.25, 0.3) is 0 Å². The summed E-state index contributed by atoms with van der Waals surface area (Å²) in [7, 11) is 0. The molecule has 4 aromatic rings. The Kier molecular flexibility index (Phi) is 3.65. The van der Waals surface area contributed by atoms with Gasteiger partial charge in [0.1, 0.15) is 0 Å². The van der Waals surface area contributed by atoms with E-state index in [0.717, 1.165) is 0 Å². The molecule has 1 spiro atoms. The normalized spacial score (nSPS) is 15.4. The van der Waals surface area contributed by atoms with Crippen molar-refractivity contribution in [1.82, 2.24) is 0 Å². The molecule has 0 radical (unpaired) electrons. The van der Waals surface area contributed by atoms with Gasteiger partial charge < -0.3 is 0 Å². The molecule has 0 unspecified atom stereocenters. The predicted octanol–water partition coefficient (Wildman–Crippen LogP) is 7.34. The first-order chi connectivity index (χ1) is 13.8. The van der Waals surface area contributed by atoms with Gasteiger partial charge in [0.2, 0.25) is 0 Å². The molecule has 0 saturated carbocycles. The molecule has 4 aromatic carbocycles. The van der Waals surface area contributed by atoms with Gasteiger partial charge in [-0.15, -0.1) is 0 Å². The molecule has 134 valence electrons. The Labute approximate surface area is 182 Å². The SMILES string of the molecule is IN1c2ccccc2C2(c3ccccc3Sc3ccccc32)c2ccccc21. The summed E-state index contributed by atoms with van der Waals surface area (Å²) in [4.78, 5) is 2.68. The topological polar surface area (TPSA) is 3.24 Å². The molecular formula is C25H16INS. The van der Waals surface area contributed by atoms with Crippen molar-refractivity contribution in [3.8, 4) is 0 Å². The van der Waals surface area contributed by atoms with Crippen LogP contribution in [0, 0.1) is 0 Å². The smallest absolute Gasteiger partial charge is 0.0764 e. The van der Waals surface area contributed by atoms with Crippen LogP contribution in [-0.2, 0) is 5.41 Å². The molecule has 6 rings (SSSR count). The molecule has 28 heavy (non-hydrogen) atoms. The largest absolute Gasteiger partial charge is 0.282 e. The van der Waals surface area contributed by atoms with Gasteiger partial charge in [-0.3, -0.25) is 3.11 Å². The van der Waals surface area contributed by atoms with Crippen molar-refractivity contribution in [2.45, 2.75) is 15.2 Å². The van der Waals surface area contributed by atoms with Gasteiger partial charge in [-0.25, -0.2) is 0 Å². The molecule has 0 N–H and O–H groups in total. The molecule has 0 saturated heterocycles. The van der Waals surface area contributed by atoms with Crippen LogP contribution in [0.2, 0.25) is 0 Å². The first-order valence-electron chi connectivity index (χ1n) is 9.33. The summed E-state index contributed by atoms with van der Waals surface area (Å²) in [5.41, 5.74) is 7.68. The Bertz CT molecular complexity index is 1140. The van der Waals surface area contributed by atoms with Crippen LogP contribution in [0.5, 0.6) is 0 Å². The Morgan fingerprint density at radius 3 is 1.43 bits per heavy atom. The third kappa shape index (κ3) is 2.04. The molecule has 2 heterocycles. The van der Waals surface area contributed by atoms with E-state index in [1.54, 1.807) is 0 Å². The van der Waals surface area contributed by atoms with Crippen molar-refractivity contribution in [2.24, 2.45) is 0 Å². The third-order valence-electron chi connectivity index (χ3n) is 5.84. The van der Waals surface area contributed by atoms with Gasteiger partial charge in [0, 0.05) is 9.79 Å². The molecular weight excluding hydrogens is 473 g/mol. The van der Waals surface area contributed by atoms with Gasteiger partial charge >= 0.3 is 0 Å². The summed E-state index contributed by atoms with van der Waals surface area (Å²) in [6, 6.07) is 35.5. The van der Waals surface area contributed by atoms with E-state index < -0.39 is 0 Å². The fraction of sp³-hybridized carbons (Fsp3) is 0.0400. The molecule has 3 heteroatoms. The molecule has 0 aliphatic carbocycles. The Hall–Kier alpha value is -2.24. The molecule has 0 atom stereocenters. The number of para-hydroxylation sites is 2. The van der Waals surface area contributed by atoms with Crippen molar-refractivity contribution in [3.63, 3.8) is 0 Å². The summed E-state index contributed by atoms with van der Waals surface area (Å²) in [5.74, 6) is 0. The number of benzene rings is 4. The second kappa shape index (κ2) is 6.13. The maximum Gasteiger partial charge on any atom is 0.0764 e. The van der Waals surface area contributed by atoms with Crippen LogP contribution in [0.1, 0.15) is 22.3 Å². The summed E-state index contributed by atoms with van der Waals surface area (Å²) < 4.78 is 2.31. The second-order valence-corrected chi connectivity index (χ2v) is 9.21. The van der Waals surface area contributed by atoms with Crippen molar-refractivity contribution in [1.29, 1.82) is 0 Å². The van der Waals surface area contributed by atoms with Gasteiger partial charge in [-0.2, -0.15) is 0 Å². The number of anilines is 2. The fourth-order valence-electron chi connectivity index (χ4n) is 4.77. The van der Waals surface area contributed by atoms with Crippen molar-refractivity contribution in [2.75, 3.05) is 3.11 Å². The number of nitrogens with zero attached hydrogens (tertiary/aromatic N) is 1. The quantitative estimate of drug-likeness (QED) is 0.166. The zero-order chi connectivity index (χ0) is 18.7. The molecule has 2 aliphatic rings. The molecule has 0 aromatic heterocycles. The monoisotopic (exact) mass is 489 g/mol. The first kappa shape index (κ1) is 16.7. The van der Waals surface area contributed by atoms with E-state index in [1.165, 1.54) is 43.4 Å². The Balaban J connectivity index is 1.86. The lowest BCUT2D eigenvalue weighted by molar-refractivity contribution is 0.696. The lowest BCUT2D eigenvalue weighted by atomic mass is 9.62. The van der Waals surface area contributed by atoms with Crippen LogP contribution in [0.3, 0.4) is 0 Å². The predicted molar refractivity (Wildman–Crippen MR) is 125 cm³/mol. The summed E-state index contributed by atoms with van der Waals surface area (Å²) in [5, 5.41) is 0. The summed E-state index contributed by atoms with van der Waals surface area (Å²) >= 11 is 4.33. The maximum absolute atomic E-state index is 2.45. The lowest BCUT2D eigenvalue weighted by Gasteiger charge is -2.47. The van der Waals surface area contributed by atoms with E-state index in [4.69, 9.17) is 0 Å². The minimum Gasteiger partial charge on any atom is -0.282 e. The summed E-state index contributed by atoms with van der Waals surface area (Å²) in [6.07, 6.45) is 0. The van der Waals surface area contributed by atoms with Crippen molar-refractivity contribution < 1.29 is 0 Å². The summed E-state index contributed by atoms with van der Waals surface area (Å²) in [6.45, 7) is 0. The Morgan fingerprint density at radius 2 is 0.929 bits per heavy atom. The fourth-order valence-corrected chi connectivity index (χ4v) is 6.81. The zero-order valence-electron chi connectivity index (χ0n) is 15.0. The van der Waals surface area contributed by atoms with Gasteiger partial charge in [-0.05, 0) is 46.5 Å². The molecule has 0 fully saturated rings. The van der Waals surface area contributed by atoms with Crippen molar-refractivity contribution >= 4 is 46.0 Å². The van der Waals surface area contributed by atoms with Crippen molar-refractivity contribution in [3.05, 3.63) is 119 Å². The van der Waals surface area contributed by atoms with E-state index >= 15 is 0 Å². The number of fused-ring (bicyclic) bond motifs is 8. The number of halogens is 1.